The number of ether oxygens (including phenoxy) is 1. The highest BCUT2D eigenvalue weighted by molar-refractivity contribution is 5.73. The van der Waals surface area contributed by atoms with Gasteiger partial charge in [0, 0.05) is 26.7 Å². The summed E-state index contributed by atoms with van der Waals surface area (Å²) < 4.78 is 31.7. The normalized spacial score (nSPS) is 10.1. The van der Waals surface area contributed by atoms with E-state index in [0.717, 1.165) is 12.1 Å². The average molecular weight is 258 g/mol. The van der Waals surface area contributed by atoms with Gasteiger partial charge in [-0.05, 0) is 18.1 Å². The number of methoxy groups -OCH3 is 1. The molecular formula is C12H16F2N2O2. The van der Waals surface area contributed by atoms with Crippen LogP contribution >= 0.6 is 0 Å². The number of carbonyl (C=O) groups is 1. The van der Waals surface area contributed by atoms with Crippen molar-refractivity contribution in [3.63, 3.8) is 0 Å². The second-order valence-corrected chi connectivity index (χ2v) is 3.80. The van der Waals surface area contributed by atoms with E-state index in [9.17, 15) is 13.6 Å². The van der Waals surface area contributed by atoms with Crippen molar-refractivity contribution < 1.29 is 18.3 Å². The Kier molecular flexibility index (Phi) is 4.88. The smallest absolute Gasteiger partial charge is 0.316 e. The van der Waals surface area contributed by atoms with Crippen LogP contribution < -0.4 is 10.1 Å². The van der Waals surface area contributed by atoms with E-state index in [0.29, 0.717) is 6.54 Å². The first-order chi connectivity index (χ1) is 8.49. The highest BCUT2D eigenvalue weighted by atomic mass is 19.1. The van der Waals surface area contributed by atoms with Gasteiger partial charge >= 0.3 is 6.03 Å². The van der Waals surface area contributed by atoms with Crippen LogP contribution in [0.1, 0.15) is 5.56 Å². The van der Waals surface area contributed by atoms with Crippen LogP contribution in [0.4, 0.5) is 13.6 Å². The molecule has 0 fully saturated rings. The van der Waals surface area contributed by atoms with Crippen LogP contribution in [0.15, 0.2) is 12.1 Å². The molecule has 0 radical (unpaired) electrons. The number of rotatable bonds is 4. The predicted octanol–water partition coefficient (Wildman–Crippen LogP) is 1.79. The molecule has 6 heteroatoms. The molecule has 18 heavy (non-hydrogen) atoms. The fraction of sp³-hybridized carbons (Fsp3) is 0.417. The summed E-state index contributed by atoms with van der Waals surface area (Å²) in [6.45, 7) is 0.294. The summed E-state index contributed by atoms with van der Waals surface area (Å²) >= 11 is 0. The van der Waals surface area contributed by atoms with Crippen molar-refractivity contribution in [3.05, 3.63) is 29.3 Å². The van der Waals surface area contributed by atoms with Crippen molar-refractivity contribution in [3.8, 4) is 5.75 Å². The molecule has 0 aliphatic heterocycles. The van der Waals surface area contributed by atoms with Gasteiger partial charge in [0.25, 0.3) is 0 Å². The van der Waals surface area contributed by atoms with Gasteiger partial charge in [0.15, 0.2) is 11.6 Å². The monoisotopic (exact) mass is 258 g/mol. The van der Waals surface area contributed by atoms with Gasteiger partial charge in [-0.3, -0.25) is 0 Å². The minimum absolute atomic E-state index is 0.129. The fourth-order valence-corrected chi connectivity index (χ4v) is 1.50. The van der Waals surface area contributed by atoms with Gasteiger partial charge in [-0.15, -0.1) is 0 Å². The summed E-state index contributed by atoms with van der Waals surface area (Å²) in [6.07, 6.45) is 0.233. The first-order valence-corrected chi connectivity index (χ1v) is 5.44. The van der Waals surface area contributed by atoms with Crippen LogP contribution in [0.3, 0.4) is 0 Å². The maximum atomic E-state index is 13.6. The molecule has 0 aliphatic carbocycles. The third-order valence-electron chi connectivity index (χ3n) is 2.60. The van der Waals surface area contributed by atoms with Gasteiger partial charge in [0.05, 0.1) is 7.11 Å². The Labute approximate surface area is 105 Å². The molecule has 0 saturated heterocycles. The van der Waals surface area contributed by atoms with E-state index in [1.807, 2.05) is 0 Å². The van der Waals surface area contributed by atoms with Crippen LogP contribution in [0.25, 0.3) is 0 Å². The molecule has 0 atom stereocenters. The number of carbonyl (C=O) groups excluding carboxylic acids is 1. The maximum absolute atomic E-state index is 13.6. The van der Waals surface area contributed by atoms with Gasteiger partial charge in [0.1, 0.15) is 5.82 Å². The minimum Gasteiger partial charge on any atom is -0.494 e. The number of halogens is 2. The molecule has 0 bridgehead atoms. The molecule has 1 aromatic carbocycles. The molecule has 0 spiro atoms. The summed E-state index contributed by atoms with van der Waals surface area (Å²) in [5, 5.41) is 2.44. The Balaban J connectivity index is 2.74. The highest BCUT2D eigenvalue weighted by Crippen LogP contribution is 2.21. The second kappa shape index (κ2) is 6.18. The van der Waals surface area contributed by atoms with Gasteiger partial charge in [-0.2, -0.15) is 0 Å². The van der Waals surface area contributed by atoms with Crippen molar-refractivity contribution in [1.82, 2.24) is 10.2 Å². The molecule has 0 aliphatic rings. The zero-order chi connectivity index (χ0) is 13.7. The lowest BCUT2D eigenvalue weighted by Crippen LogP contribution is -2.36. The Morgan fingerprint density at radius 2 is 2.06 bits per heavy atom. The van der Waals surface area contributed by atoms with E-state index in [1.54, 1.807) is 7.05 Å². The number of urea groups is 1. The highest BCUT2D eigenvalue weighted by Gasteiger charge is 2.12. The zero-order valence-electron chi connectivity index (χ0n) is 10.6. The standard InChI is InChI=1S/C12H16F2N2O2/c1-15-12(17)16(2)5-4-8-6-10(14)11(18-3)7-9(8)13/h6-7H,4-5H2,1-3H3,(H,15,17). The van der Waals surface area contributed by atoms with Crippen molar-refractivity contribution in [2.45, 2.75) is 6.42 Å². The van der Waals surface area contributed by atoms with E-state index in [-0.39, 0.29) is 23.8 Å². The molecule has 100 valence electrons. The van der Waals surface area contributed by atoms with Crippen LogP contribution in [0.5, 0.6) is 5.75 Å². The molecule has 0 heterocycles. The molecule has 2 amide bonds. The van der Waals surface area contributed by atoms with E-state index >= 15 is 0 Å². The van der Waals surface area contributed by atoms with E-state index in [1.165, 1.54) is 19.1 Å². The summed E-state index contributed by atoms with van der Waals surface area (Å²) in [5.74, 6) is -1.29. The van der Waals surface area contributed by atoms with E-state index < -0.39 is 11.6 Å². The summed E-state index contributed by atoms with van der Waals surface area (Å²) in [4.78, 5) is 12.6. The quantitative estimate of drug-likeness (QED) is 0.894. The van der Waals surface area contributed by atoms with Gasteiger partial charge in [-0.1, -0.05) is 0 Å². The lowest BCUT2D eigenvalue weighted by atomic mass is 10.1. The van der Waals surface area contributed by atoms with Gasteiger partial charge in [0.2, 0.25) is 0 Å². The average Bonchev–Trinajstić information content (AvgIpc) is 2.37. The first kappa shape index (κ1) is 14.2. The third kappa shape index (κ3) is 3.32. The predicted molar refractivity (Wildman–Crippen MR) is 63.7 cm³/mol. The molecule has 4 nitrogen and oxygen atoms in total. The number of nitrogens with zero attached hydrogens (tertiary/aromatic N) is 1. The number of likely N-dealkylation sites (N-methyl/N-ethyl adjacent to an activating group) is 1. The summed E-state index contributed by atoms with van der Waals surface area (Å²) in [6, 6.07) is 1.82. The van der Waals surface area contributed by atoms with Crippen LogP contribution in [0, 0.1) is 11.6 Å². The number of benzene rings is 1. The van der Waals surface area contributed by atoms with Crippen molar-refractivity contribution >= 4 is 6.03 Å². The van der Waals surface area contributed by atoms with Crippen LogP contribution in [-0.2, 0) is 6.42 Å². The Morgan fingerprint density at radius 1 is 1.39 bits per heavy atom. The van der Waals surface area contributed by atoms with Gasteiger partial charge in [-0.25, -0.2) is 13.6 Å². The zero-order valence-corrected chi connectivity index (χ0v) is 10.6. The van der Waals surface area contributed by atoms with Crippen molar-refractivity contribution in [2.24, 2.45) is 0 Å². The Bertz CT molecular complexity index is 438. The molecule has 0 saturated carbocycles. The largest absolute Gasteiger partial charge is 0.494 e. The Morgan fingerprint density at radius 3 is 2.61 bits per heavy atom. The molecular weight excluding hydrogens is 242 g/mol. The first-order valence-electron chi connectivity index (χ1n) is 5.44. The van der Waals surface area contributed by atoms with E-state index in [2.05, 4.69) is 10.1 Å². The topological polar surface area (TPSA) is 41.6 Å². The lowest BCUT2D eigenvalue weighted by molar-refractivity contribution is 0.211. The van der Waals surface area contributed by atoms with Crippen LogP contribution in [-0.4, -0.2) is 38.7 Å². The van der Waals surface area contributed by atoms with Crippen LogP contribution in [0.2, 0.25) is 0 Å². The van der Waals surface area contributed by atoms with Gasteiger partial charge < -0.3 is 15.0 Å². The lowest BCUT2D eigenvalue weighted by Gasteiger charge is -2.16. The number of amides is 2. The molecule has 1 aromatic rings. The maximum Gasteiger partial charge on any atom is 0.316 e. The molecule has 1 N–H and O–H groups in total. The molecule has 0 unspecified atom stereocenters. The summed E-state index contributed by atoms with van der Waals surface area (Å²) in [5.41, 5.74) is 0.212. The molecule has 0 aromatic heterocycles. The second-order valence-electron chi connectivity index (χ2n) is 3.80. The van der Waals surface area contributed by atoms with Crippen molar-refractivity contribution in [1.29, 1.82) is 0 Å². The number of hydrogen-bond donors (Lipinski definition) is 1. The number of hydrogen-bond acceptors (Lipinski definition) is 2. The molecule has 1 rings (SSSR count). The fourth-order valence-electron chi connectivity index (χ4n) is 1.50. The summed E-state index contributed by atoms with van der Waals surface area (Å²) in [7, 11) is 4.36. The number of nitrogens with one attached hydrogen (secondary N) is 1. The Hall–Kier alpha value is -1.85. The van der Waals surface area contributed by atoms with Crippen molar-refractivity contribution in [2.75, 3.05) is 27.7 Å². The third-order valence-corrected chi connectivity index (χ3v) is 2.60. The minimum atomic E-state index is -0.614. The van der Waals surface area contributed by atoms with E-state index in [4.69, 9.17) is 0 Å². The SMILES string of the molecule is CNC(=O)N(C)CCc1cc(F)c(OC)cc1F.